The lowest BCUT2D eigenvalue weighted by Gasteiger charge is -2.20. The van der Waals surface area contributed by atoms with Crippen molar-refractivity contribution in [3.63, 3.8) is 0 Å². The number of hydrogen-bond acceptors (Lipinski definition) is 3. The number of rotatable bonds is 6. The molecule has 1 saturated carbocycles. The Morgan fingerprint density at radius 2 is 2.17 bits per heavy atom. The Kier molecular flexibility index (Phi) is 4.07. The molecular formula is C14H25N3O. The standard InChI is InChI=1S/C14H25N3O/c1-11-15-9-13(10-16-12-5-6-12)17(11)7-8-18-14(2,3)4/h9,12,16H,5-8,10H2,1-4H3. The molecule has 2 rings (SSSR count). The highest BCUT2D eigenvalue weighted by Crippen LogP contribution is 2.19. The second-order valence-electron chi connectivity index (χ2n) is 6.06. The molecule has 0 amide bonds. The van der Waals surface area contributed by atoms with E-state index in [9.17, 15) is 0 Å². The molecular weight excluding hydrogens is 226 g/mol. The smallest absolute Gasteiger partial charge is 0.105 e. The monoisotopic (exact) mass is 251 g/mol. The van der Waals surface area contributed by atoms with Crippen molar-refractivity contribution in [3.8, 4) is 0 Å². The zero-order valence-electron chi connectivity index (χ0n) is 12.0. The summed E-state index contributed by atoms with van der Waals surface area (Å²) in [7, 11) is 0. The maximum atomic E-state index is 5.78. The molecule has 102 valence electrons. The van der Waals surface area contributed by atoms with Crippen molar-refractivity contribution >= 4 is 0 Å². The van der Waals surface area contributed by atoms with Gasteiger partial charge in [0.15, 0.2) is 0 Å². The lowest BCUT2D eigenvalue weighted by atomic mass is 10.2. The van der Waals surface area contributed by atoms with Crippen LogP contribution in [0.3, 0.4) is 0 Å². The minimum atomic E-state index is -0.0685. The molecule has 1 aromatic rings. The van der Waals surface area contributed by atoms with Crippen LogP contribution in [0.15, 0.2) is 6.20 Å². The molecule has 0 aliphatic heterocycles. The van der Waals surface area contributed by atoms with Crippen molar-refractivity contribution in [1.29, 1.82) is 0 Å². The van der Waals surface area contributed by atoms with Crippen molar-refractivity contribution in [1.82, 2.24) is 14.9 Å². The van der Waals surface area contributed by atoms with E-state index in [1.54, 1.807) is 0 Å². The molecule has 0 saturated heterocycles. The SMILES string of the molecule is Cc1ncc(CNC2CC2)n1CCOC(C)(C)C. The van der Waals surface area contributed by atoms with Crippen LogP contribution in [0.25, 0.3) is 0 Å². The normalized spacial score (nSPS) is 16.2. The first-order valence-electron chi connectivity index (χ1n) is 6.84. The minimum Gasteiger partial charge on any atom is -0.374 e. The summed E-state index contributed by atoms with van der Waals surface area (Å²) in [6.07, 6.45) is 4.61. The van der Waals surface area contributed by atoms with Gasteiger partial charge in [0.1, 0.15) is 5.82 Å². The summed E-state index contributed by atoms with van der Waals surface area (Å²) in [6.45, 7) is 10.8. The molecule has 1 heterocycles. The number of ether oxygens (including phenoxy) is 1. The number of nitrogens with one attached hydrogen (secondary N) is 1. The van der Waals surface area contributed by atoms with Gasteiger partial charge in [-0.25, -0.2) is 4.98 Å². The summed E-state index contributed by atoms with van der Waals surface area (Å²) < 4.78 is 8.03. The Morgan fingerprint density at radius 3 is 2.78 bits per heavy atom. The number of nitrogens with zero attached hydrogens (tertiary/aromatic N) is 2. The largest absolute Gasteiger partial charge is 0.374 e. The average molecular weight is 251 g/mol. The summed E-state index contributed by atoms with van der Waals surface area (Å²) >= 11 is 0. The molecule has 1 aliphatic rings. The van der Waals surface area contributed by atoms with Crippen LogP contribution in [0, 0.1) is 6.92 Å². The van der Waals surface area contributed by atoms with Crippen molar-refractivity contribution in [3.05, 3.63) is 17.7 Å². The summed E-state index contributed by atoms with van der Waals surface area (Å²) in [5.74, 6) is 1.07. The third-order valence-corrected chi connectivity index (χ3v) is 3.14. The number of imidazole rings is 1. The first-order valence-corrected chi connectivity index (χ1v) is 6.84. The third kappa shape index (κ3) is 4.10. The van der Waals surface area contributed by atoms with Gasteiger partial charge in [0.25, 0.3) is 0 Å². The first-order chi connectivity index (χ1) is 8.46. The van der Waals surface area contributed by atoms with Crippen molar-refractivity contribution in [2.45, 2.75) is 65.3 Å². The van der Waals surface area contributed by atoms with Gasteiger partial charge < -0.3 is 14.6 Å². The molecule has 0 atom stereocenters. The predicted molar refractivity (Wildman–Crippen MR) is 72.5 cm³/mol. The maximum absolute atomic E-state index is 5.78. The molecule has 1 aliphatic carbocycles. The van der Waals surface area contributed by atoms with E-state index in [4.69, 9.17) is 4.74 Å². The quantitative estimate of drug-likeness (QED) is 0.843. The lowest BCUT2D eigenvalue weighted by Crippen LogP contribution is -2.24. The highest BCUT2D eigenvalue weighted by atomic mass is 16.5. The van der Waals surface area contributed by atoms with Crippen molar-refractivity contribution in [2.75, 3.05) is 6.61 Å². The van der Waals surface area contributed by atoms with E-state index >= 15 is 0 Å². The van der Waals surface area contributed by atoms with Gasteiger partial charge in [0.2, 0.25) is 0 Å². The topological polar surface area (TPSA) is 39.1 Å². The zero-order chi connectivity index (χ0) is 13.2. The van der Waals surface area contributed by atoms with Crippen LogP contribution >= 0.6 is 0 Å². The molecule has 1 fully saturated rings. The van der Waals surface area contributed by atoms with Crippen LogP contribution in [0.1, 0.15) is 45.1 Å². The van der Waals surface area contributed by atoms with Crippen LogP contribution < -0.4 is 5.32 Å². The zero-order valence-corrected chi connectivity index (χ0v) is 12.0. The van der Waals surface area contributed by atoms with E-state index in [0.717, 1.165) is 31.6 Å². The highest BCUT2D eigenvalue weighted by molar-refractivity contribution is 5.05. The fourth-order valence-corrected chi connectivity index (χ4v) is 1.94. The Bertz CT molecular complexity index is 388. The van der Waals surface area contributed by atoms with Gasteiger partial charge in [-0.05, 0) is 40.5 Å². The van der Waals surface area contributed by atoms with Crippen LogP contribution in [0.2, 0.25) is 0 Å². The van der Waals surface area contributed by atoms with Crippen molar-refractivity contribution < 1.29 is 4.74 Å². The van der Waals surface area contributed by atoms with Crippen LogP contribution in [-0.2, 0) is 17.8 Å². The fraction of sp³-hybridized carbons (Fsp3) is 0.786. The molecule has 1 N–H and O–H groups in total. The molecule has 0 aromatic carbocycles. The summed E-state index contributed by atoms with van der Waals surface area (Å²) in [5, 5.41) is 3.53. The van der Waals surface area contributed by atoms with E-state index in [-0.39, 0.29) is 5.60 Å². The van der Waals surface area contributed by atoms with Gasteiger partial charge in [0.05, 0.1) is 17.9 Å². The Hall–Kier alpha value is -0.870. The van der Waals surface area contributed by atoms with Crippen LogP contribution in [0.5, 0.6) is 0 Å². The predicted octanol–water partition coefficient (Wildman–Crippen LogP) is 2.26. The molecule has 4 heteroatoms. The average Bonchev–Trinajstić information content (AvgIpc) is 3.02. The summed E-state index contributed by atoms with van der Waals surface area (Å²) in [6, 6.07) is 0.736. The molecule has 0 spiro atoms. The Balaban J connectivity index is 1.86. The van der Waals surface area contributed by atoms with Crippen molar-refractivity contribution in [2.24, 2.45) is 0 Å². The van der Waals surface area contributed by atoms with Crippen LogP contribution in [-0.4, -0.2) is 27.8 Å². The van der Waals surface area contributed by atoms with E-state index in [2.05, 4.69) is 42.6 Å². The molecule has 0 unspecified atom stereocenters. The Morgan fingerprint density at radius 1 is 1.44 bits per heavy atom. The van der Waals surface area contributed by atoms with E-state index in [1.165, 1.54) is 18.5 Å². The van der Waals surface area contributed by atoms with Gasteiger partial charge in [-0.15, -0.1) is 0 Å². The van der Waals surface area contributed by atoms with Gasteiger partial charge in [-0.2, -0.15) is 0 Å². The second-order valence-corrected chi connectivity index (χ2v) is 6.06. The van der Waals surface area contributed by atoms with E-state index in [1.807, 2.05) is 6.20 Å². The summed E-state index contributed by atoms with van der Waals surface area (Å²) in [5.41, 5.74) is 1.19. The first kappa shape index (κ1) is 13.6. The minimum absolute atomic E-state index is 0.0685. The third-order valence-electron chi connectivity index (χ3n) is 3.14. The molecule has 0 radical (unpaired) electrons. The highest BCUT2D eigenvalue weighted by Gasteiger charge is 2.21. The number of aryl methyl sites for hydroxylation is 1. The van der Waals surface area contributed by atoms with Gasteiger partial charge in [-0.1, -0.05) is 0 Å². The van der Waals surface area contributed by atoms with Gasteiger partial charge in [0, 0.05) is 25.3 Å². The van der Waals surface area contributed by atoms with Gasteiger partial charge in [-0.3, -0.25) is 0 Å². The molecule has 1 aromatic heterocycles. The maximum Gasteiger partial charge on any atom is 0.105 e. The summed E-state index contributed by atoms with van der Waals surface area (Å²) in [4.78, 5) is 4.40. The number of hydrogen-bond donors (Lipinski definition) is 1. The van der Waals surface area contributed by atoms with Gasteiger partial charge >= 0.3 is 0 Å². The number of aromatic nitrogens is 2. The molecule has 4 nitrogen and oxygen atoms in total. The fourth-order valence-electron chi connectivity index (χ4n) is 1.94. The van der Waals surface area contributed by atoms with E-state index < -0.39 is 0 Å². The lowest BCUT2D eigenvalue weighted by molar-refractivity contribution is -0.00725. The molecule has 0 bridgehead atoms. The van der Waals surface area contributed by atoms with E-state index in [0.29, 0.717) is 0 Å². The van der Waals surface area contributed by atoms with Crippen LogP contribution in [0.4, 0.5) is 0 Å². The molecule has 18 heavy (non-hydrogen) atoms. The second kappa shape index (κ2) is 5.41. The Labute approximate surface area is 110 Å².